The minimum Gasteiger partial charge on any atom is -0.305 e. The molecule has 1 amide bonds. The van der Waals surface area contributed by atoms with Crippen molar-refractivity contribution in [1.29, 1.82) is 0 Å². The Labute approximate surface area is 159 Å². The van der Waals surface area contributed by atoms with Crippen LogP contribution in [0.1, 0.15) is 10.4 Å². The molecule has 3 rings (SSSR count). The third-order valence-electron chi connectivity index (χ3n) is 3.46. The van der Waals surface area contributed by atoms with Crippen molar-refractivity contribution in [2.75, 3.05) is 10.0 Å². The SMILES string of the molecule is Cn1ccc(NC(=O)c2cccc(NS(=O)(=O)c3ccc(Br)cc3)c2)n1. The molecule has 9 heteroatoms. The van der Waals surface area contributed by atoms with Crippen LogP contribution in [0.15, 0.2) is 70.2 Å². The lowest BCUT2D eigenvalue weighted by molar-refractivity contribution is 0.102. The smallest absolute Gasteiger partial charge is 0.261 e. The zero-order valence-electron chi connectivity index (χ0n) is 13.7. The molecule has 0 fully saturated rings. The van der Waals surface area contributed by atoms with Gasteiger partial charge in [0.05, 0.1) is 4.90 Å². The lowest BCUT2D eigenvalue weighted by Crippen LogP contribution is -2.15. The number of aryl methyl sites for hydroxylation is 1. The second-order valence-electron chi connectivity index (χ2n) is 5.47. The van der Waals surface area contributed by atoms with E-state index in [0.29, 0.717) is 17.1 Å². The third-order valence-corrected chi connectivity index (χ3v) is 5.38. The summed E-state index contributed by atoms with van der Waals surface area (Å²) in [7, 11) is -2.00. The van der Waals surface area contributed by atoms with Gasteiger partial charge in [-0.1, -0.05) is 22.0 Å². The first-order valence-corrected chi connectivity index (χ1v) is 9.80. The minimum atomic E-state index is -3.75. The largest absolute Gasteiger partial charge is 0.305 e. The average Bonchev–Trinajstić information content (AvgIpc) is 3.00. The predicted molar refractivity (Wildman–Crippen MR) is 103 cm³/mol. The van der Waals surface area contributed by atoms with Crippen LogP contribution in [0, 0.1) is 0 Å². The van der Waals surface area contributed by atoms with E-state index >= 15 is 0 Å². The molecule has 0 radical (unpaired) electrons. The molecular formula is C17H15BrN4O3S. The Hall–Kier alpha value is -2.65. The van der Waals surface area contributed by atoms with Crippen LogP contribution in [-0.2, 0) is 17.1 Å². The molecule has 1 aromatic heterocycles. The summed E-state index contributed by atoms with van der Waals surface area (Å²) in [6.07, 6.45) is 1.71. The second kappa shape index (κ2) is 7.30. The van der Waals surface area contributed by atoms with Crippen molar-refractivity contribution in [1.82, 2.24) is 9.78 Å². The lowest BCUT2D eigenvalue weighted by atomic mass is 10.2. The second-order valence-corrected chi connectivity index (χ2v) is 8.07. The number of sulfonamides is 1. The topological polar surface area (TPSA) is 93.1 Å². The molecule has 7 nitrogen and oxygen atoms in total. The summed E-state index contributed by atoms with van der Waals surface area (Å²) in [6, 6.07) is 14.2. The van der Waals surface area contributed by atoms with E-state index in [4.69, 9.17) is 0 Å². The number of nitrogens with zero attached hydrogens (tertiary/aromatic N) is 2. The van der Waals surface area contributed by atoms with Crippen molar-refractivity contribution in [3.63, 3.8) is 0 Å². The Bertz CT molecular complexity index is 1050. The molecule has 0 atom stereocenters. The van der Waals surface area contributed by atoms with Gasteiger partial charge in [0.25, 0.3) is 15.9 Å². The number of amides is 1. The van der Waals surface area contributed by atoms with Crippen LogP contribution in [0.4, 0.5) is 11.5 Å². The normalized spacial score (nSPS) is 11.2. The summed E-state index contributed by atoms with van der Waals surface area (Å²) in [6.45, 7) is 0. The van der Waals surface area contributed by atoms with Crippen molar-refractivity contribution in [3.8, 4) is 0 Å². The number of benzene rings is 2. The Balaban J connectivity index is 1.78. The standard InChI is InChI=1S/C17H15BrN4O3S/c1-22-10-9-16(20-22)19-17(23)12-3-2-4-14(11-12)21-26(24,25)15-7-5-13(18)6-8-15/h2-11,21H,1H3,(H,19,20,23). The molecule has 0 saturated heterocycles. The quantitative estimate of drug-likeness (QED) is 0.644. The van der Waals surface area contributed by atoms with Gasteiger partial charge in [0, 0.05) is 35.0 Å². The van der Waals surface area contributed by atoms with E-state index in [1.165, 1.54) is 18.2 Å². The number of anilines is 2. The van der Waals surface area contributed by atoms with Gasteiger partial charge in [-0.05, 0) is 42.5 Å². The summed E-state index contributed by atoms with van der Waals surface area (Å²) in [5.41, 5.74) is 0.605. The number of hydrogen-bond donors (Lipinski definition) is 2. The molecule has 26 heavy (non-hydrogen) atoms. The molecule has 2 aromatic carbocycles. The molecule has 0 aliphatic rings. The number of carbonyl (C=O) groups excluding carboxylic acids is 1. The number of hydrogen-bond acceptors (Lipinski definition) is 4. The van der Waals surface area contributed by atoms with Gasteiger partial charge in [0.2, 0.25) is 0 Å². The molecule has 0 saturated carbocycles. The summed E-state index contributed by atoms with van der Waals surface area (Å²) >= 11 is 3.27. The van der Waals surface area contributed by atoms with Gasteiger partial charge in [-0.15, -0.1) is 0 Å². The summed E-state index contributed by atoms with van der Waals surface area (Å²) in [5, 5.41) is 6.73. The predicted octanol–water partition coefficient (Wildman–Crippen LogP) is 3.24. The van der Waals surface area contributed by atoms with Crippen LogP contribution in [-0.4, -0.2) is 24.1 Å². The van der Waals surface area contributed by atoms with Crippen molar-refractivity contribution < 1.29 is 13.2 Å². The summed E-state index contributed by atoms with van der Waals surface area (Å²) in [5.74, 6) is 0.0340. The van der Waals surface area contributed by atoms with Crippen LogP contribution < -0.4 is 10.0 Å². The van der Waals surface area contributed by atoms with E-state index < -0.39 is 10.0 Å². The highest BCUT2D eigenvalue weighted by molar-refractivity contribution is 9.10. The molecular weight excluding hydrogens is 420 g/mol. The van der Waals surface area contributed by atoms with Crippen molar-refractivity contribution >= 4 is 43.4 Å². The first-order chi connectivity index (χ1) is 12.3. The van der Waals surface area contributed by atoms with Crippen molar-refractivity contribution in [2.45, 2.75) is 4.90 Å². The van der Waals surface area contributed by atoms with Crippen LogP contribution in [0.25, 0.3) is 0 Å². The fourth-order valence-electron chi connectivity index (χ4n) is 2.22. The van der Waals surface area contributed by atoms with Gasteiger partial charge in [-0.25, -0.2) is 8.42 Å². The fraction of sp³-hybridized carbons (Fsp3) is 0.0588. The van der Waals surface area contributed by atoms with E-state index in [-0.39, 0.29) is 10.8 Å². The van der Waals surface area contributed by atoms with E-state index in [9.17, 15) is 13.2 Å². The maximum Gasteiger partial charge on any atom is 0.261 e. The highest BCUT2D eigenvalue weighted by Crippen LogP contribution is 2.19. The highest BCUT2D eigenvalue weighted by Gasteiger charge is 2.15. The maximum atomic E-state index is 12.4. The first-order valence-electron chi connectivity index (χ1n) is 7.53. The zero-order chi connectivity index (χ0) is 18.7. The van der Waals surface area contributed by atoms with Crippen molar-refractivity contribution in [2.24, 2.45) is 7.05 Å². The number of rotatable bonds is 5. The van der Waals surface area contributed by atoms with E-state index in [2.05, 4.69) is 31.1 Å². The van der Waals surface area contributed by atoms with Gasteiger partial charge in [0.1, 0.15) is 0 Å². The van der Waals surface area contributed by atoms with Gasteiger partial charge in [-0.3, -0.25) is 14.2 Å². The zero-order valence-corrected chi connectivity index (χ0v) is 16.1. The summed E-state index contributed by atoms with van der Waals surface area (Å²) < 4.78 is 29.7. The number of nitrogens with one attached hydrogen (secondary N) is 2. The summed E-state index contributed by atoms with van der Waals surface area (Å²) in [4.78, 5) is 12.4. The van der Waals surface area contributed by atoms with Gasteiger partial charge >= 0.3 is 0 Å². The average molecular weight is 435 g/mol. The Kier molecular flexibility index (Phi) is 5.10. The van der Waals surface area contributed by atoms with E-state index in [1.807, 2.05) is 0 Å². The molecule has 0 spiro atoms. The van der Waals surface area contributed by atoms with Gasteiger partial charge in [0.15, 0.2) is 5.82 Å². The molecule has 134 valence electrons. The van der Waals surface area contributed by atoms with Crippen LogP contribution >= 0.6 is 15.9 Å². The number of halogens is 1. The molecule has 2 N–H and O–H groups in total. The highest BCUT2D eigenvalue weighted by atomic mass is 79.9. The van der Waals surface area contributed by atoms with Crippen LogP contribution in [0.2, 0.25) is 0 Å². The Morgan fingerprint density at radius 3 is 2.50 bits per heavy atom. The molecule has 0 aliphatic carbocycles. The number of carbonyl (C=O) groups is 1. The molecule has 1 heterocycles. The van der Waals surface area contributed by atoms with Gasteiger partial charge < -0.3 is 5.32 Å². The molecule has 0 bridgehead atoms. The number of aromatic nitrogens is 2. The van der Waals surface area contributed by atoms with Crippen molar-refractivity contribution in [3.05, 3.63) is 70.8 Å². The van der Waals surface area contributed by atoms with Crippen LogP contribution in [0.3, 0.4) is 0 Å². The molecule has 0 aliphatic heterocycles. The molecule has 0 unspecified atom stereocenters. The Morgan fingerprint density at radius 1 is 1.12 bits per heavy atom. The monoisotopic (exact) mass is 434 g/mol. The first kappa shape index (κ1) is 18.2. The van der Waals surface area contributed by atoms with E-state index in [1.54, 1.807) is 54.3 Å². The fourth-order valence-corrected chi connectivity index (χ4v) is 3.54. The van der Waals surface area contributed by atoms with E-state index in [0.717, 1.165) is 4.47 Å². The Morgan fingerprint density at radius 2 is 1.85 bits per heavy atom. The maximum absolute atomic E-state index is 12.4. The third kappa shape index (κ3) is 4.30. The van der Waals surface area contributed by atoms with Gasteiger partial charge in [-0.2, -0.15) is 5.10 Å². The minimum absolute atomic E-state index is 0.129. The van der Waals surface area contributed by atoms with Crippen LogP contribution in [0.5, 0.6) is 0 Å². The molecule has 3 aromatic rings. The lowest BCUT2D eigenvalue weighted by Gasteiger charge is -2.09.